The van der Waals surface area contributed by atoms with Crippen LogP contribution in [0.25, 0.3) is 0 Å². The van der Waals surface area contributed by atoms with Crippen molar-refractivity contribution in [1.29, 1.82) is 0 Å². The van der Waals surface area contributed by atoms with E-state index in [0.29, 0.717) is 11.6 Å². The molecule has 0 unspecified atom stereocenters. The summed E-state index contributed by atoms with van der Waals surface area (Å²) in [7, 11) is 0. The summed E-state index contributed by atoms with van der Waals surface area (Å²) in [6, 6.07) is 0.713. The van der Waals surface area contributed by atoms with Gasteiger partial charge in [-0.1, -0.05) is 6.92 Å². The van der Waals surface area contributed by atoms with E-state index in [0.717, 1.165) is 0 Å². The zero-order chi connectivity index (χ0) is 8.48. The lowest BCUT2D eigenvalue weighted by molar-refractivity contribution is 0.0119. The summed E-state index contributed by atoms with van der Waals surface area (Å²) in [6.07, 6.45) is 4.23. The van der Waals surface area contributed by atoms with Gasteiger partial charge in [0.2, 0.25) is 0 Å². The maximum absolute atomic E-state index is 2.62. The minimum absolute atomic E-state index is 0.545. The zero-order valence-electron chi connectivity index (χ0n) is 8.35. The van der Waals surface area contributed by atoms with E-state index in [-0.39, 0.29) is 0 Å². The van der Waals surface area contributed by atoms with Gasteiger partial charge in [-0.2, -0.15) is 0 Å². The molecule has 1 fully saturated rings. The Morgan fingerprint density at radius 1 is 1.36 bits per heavy atom. The van der Waals surface area contributed by atoms with Gasteiger partial charge in [0.15, 0.2) is 0 Å². The molecule has 1 heteroatoms. The average molecular weight is 155 g/mol. The summed E-state index contributed by atoms with van der Waals surface area (Å²) >= 11 is 0. The van der Waals surface area contributed by atoms with E-state index >= 15 is 0 Å². The minimum atomic E-state index is 0.545. The Morgan fingerprint density at radius 3 is 2.00 bits per heavy atom. The molecule has 0 aromatic carbocycles. The summed E-state index contributed by atoms with van der Waals surface area (Å²) in [5.74, 6) is 0. The van der Waals surface area contributed by atoms with Gasteiger partial charge in [-0.25, -0.2) is 0 Å². The second-order valence-electron chi connectivity index (χ2n) is 4.23. The molecule has 0 saturated heterocycles. The molecule has 1 saturated carbocycles. The molecule has 1 nitrogen and oxygen atoms in total. The predicted molar refractivity (Wildman–Crippen MR) is 49.8 cm³/mol. The lowest BCUT2D eigenvalue weighted by Gasteiger charge is -2.49. The Labute approximate surface area is 70.8 Å². The first-order valence-corrected chi connectivity index (χ1v) is 4.87. The van der Waals surface area contributed by atoms with Crippen LogP contribution in [0.15, 0.2) is 0 Å². The van der Waals surface area contributed by atoms with Crippen LogP contribution in [-0.2, 0) is 0 Å². The van der Waals surface area contributed by atoms with Crippen LogP contribution in [0.4, 0.5) is 0 Å². The highest BCUT2D eigenvalue weighted by atomic mass is 15.2. The first-order valence-electron chi connectivity index (χ1n) is 4.87. The largest absolute Gasteiger partial charge is 0.296 e. The Kier molecular flexibility index (Phi) is 2.58. The Balaban J connectivity index is 2.53. The van der Waals surface area contributed by atoms with E-state index < -0.39 is 0 Å². The van der Waals surface area contributed by atoms with Crippen molar-refractivity contribution in [3.05, 3.63) is 0 Å². The second-order valence-corrected chi connectivity index (χ2v) is 4.23. The first kappa shape index (κ1) is 9.05. The van der Waals surface area contributed by atoms with Crippen molar-refractivity contribution in [3.8, 4) is 0 Å². The highest BCUT2D eigenvalue weighted by Gasteiger charge is 2.37. The average Bonchev–Trinajstić information content (AvgIpc) is 1.85. The standard InChI is InChI=1S/C10H21N/c1-5-11(9(2)3)10(4)7-6-8-10/h9H,5-8H2,1-4H3. The second kappa shape index (κ2) is 3.14. The predicted octanol–water partition coefficient (Wildman–Crippen LogP) is 2.66. The molecule has 0 N–H and O–H groups in total. The molecular weight excluding hydrogens is 134 g/mol. The fourth-order valence-electron chi connectivity index (χ4n) is 2.35. The van der Waals surface area contributed by atoms with E-state index in [1.807, 2.05) is 0 Å². The molecule has 0 aromatic heterocycles. The van der Waals surface area contributed by atoms with Gasteiger partial charge in [-0.05, 0) is 46.6 Å². The maximum atomic E-state index is 2.62. The van der Waals surface area contributed by atoms with Gasteiger partial charge in [0.25, 0.3) is 0 Å². The van der Waals surface area contributed by atoms with Crippen molar-refractivity contribution in [2.75, 3.05) is 6.54 Å². The molecule has 0 amide bonds. The van der Waals surface area contributed by atoms with Crippen molar-refractivity contribution in [1.82, 2.24) is 4.90 Å². The van der Waals surface area contributed by atoms with E-state index in [9.17, 15) is 0 Å². The van der Waals surface area contributed by atoms with Crippen LogP contribution in [0.5, 0.6) is 0 Å². The van der Waals surface area contributed by atoms with E-state index in [4.69, 9.17) is 0 Å². The van der Waals surface area contributed by atoms with Gasteiger partial charge in [-0.15, -0.1) is 0 Å². The van der Waals surface area contributed by atoms with Crippen LogP contribution in [-0.4, -0.2) is 23.0 Å². The summed E-state index contributed by atoms with van der Waals surface area (Å²) < 4.78 is 0. The molecule has 1 aliphatic carbocycles. The molecule has 0 heterocycles. The topological polar surface area (TPSA) is 3.24 Å². The smallest absolute Gasteiger partial charge is 0.0184 e. The fourth-order valence-corrected chi connectivity index (χ4v) is 2.35. The molecule has 0 aliphatic heterocycles. The van der Waals surface area contributed by atoms with Crippen molar-refractivity contribution in [2.45, 2.75) is 58.5 Å². The van der Waals surface area contributed by atoms with Crippen LogP contribution < -0.4 is 0 Å². The minimum Gasteiger partial charge on any atom is -0.296 e. The lowest BCUT2D eigenvalue weighted by Crippen LogP contribution is -2.54. The molecule has 0 atom stereocenters. The molecule has 0 radical (unpaired) electrons. The quantitative estimate of drug-likeness (QED) is 0.605. The van der Waals surface area contributed by atoms with Crippen molar-refractivity contribution in [2.24, 2.45) is 0 Å². The van der Waals surface area contributed by atoms with Crippen LogP contribution in [0, 0.1) is 0 Å². The van der Waals surface area contributed by atoms with E-state index in [1.54, 1.807) is 0 Å². The maximum Gasteiger partial charge on any atom is 0.0184 e. The Bertz CT molecular complexity index is 125. The summed E-state index contributed by atoms with van der Waals surface area (Å²) in [4.78, 5) is 2.62. The van der Waals surface area contributed by atoms with Crippen molar-refractivity contribution >= 4 is 0 Å². The van der Waals surface area contributed by atoms with Crippen LogP contribution in [0.3, 0.4) is 0 Å². The third-order valence-electron chi connectivity index (χ3n) is 3.09. The number of hydrogen-bond donors (Lipinski definition) is 0. The van der Waals surface area contributed by atoms with Gasteiger partial charge in [-0.3, -0.25) is 4.90 Å². The van der Waals surface area contributed by atoms with Crippen molar-refractivity contribution in [3.63, 3.8) is 0 Å². The molecule has 11 heavy (non-hydrogen) atoms. The molecule has 0 aromatic rings. The lowest BCUT2D eigenvalue weighted by atomic mass is 9.76. The van der Waals surface area contributed by atoms with E-state index in [2.05, 4.69) is 32.6 Å². The fraction of sp³-hybridized carbons (Fsp3) is 1.00. The molecule has 1 aliphatic rings. The van der Waals surface area contributed by atoms with Crippen molar-refractivity contribution < 1.29 is 0 Å². The Morgan fingerprint density at radius 2 is 1.91 bits per heavy atom. The summed E-state index contributed by atoms with van der Waals surface area (Å²) in [5.41, 5.74) is 0.545. The molecular formula is C10H21N. The van der Waals surface area contributed by atoms with Gasteiger partial charge in [0, 0.05) is 11.6 Å². The molecule has 0 spiro atoms. The summed E-state index contributed by atoms with van der Waals surface area (Å²) in [5, 5.41) is 0. The van der Waals surface area contributed by atoms with Gasteiger partial charge in [0.05, 0.1) is 0 Å². The number of rotatable bonds is 3. The zero-order valence-corrected chi connectivity index (χ0v) is 8.35. The molecule has 1 rings (SSSR count). The third kappa shape index (κ3) is 1.58. The van der Waals surface area contributed by atoms with Crippen LogP contribution in [0.1, 0.15) is 47.0 Å². The van der Waals surface area contributed by atoms with Gasteiger partial charge >= 0.3 is 0 Å². The highest BCUT2D eigenvalue weighted by Crippen LogP contribution is 2.37. The van der Waals surface area contributed by atoms with Crippen LogP contribution >= 0.6 is 0 Å². The van der Waals surface area contributed by atoms with Crippen LogP contribution in [0.2, 0.25) is 0 Å². The monoisotopic (exact) mass is 155 g/mol. The summed E-state index contributed by atoms with van der Waals surface area (Å²) in [6.45, 7) is 10.5. The SMILES string of the molecule is CCN(C(C)C)C1(C)CCC1. The van der Waals surface area contributed by atoms with E-state index in [1.165, 1.54) is 25.8 Å². The molecule has 0 bridgehead atoms. The van der Waals surface area contributed by atoms with Gasteiger partial charge in [0.1, 0.15) is 0 Å². The highest BCUT2D eigenvalue weighted by molar-refractivity contribution is 4.94. The molecule has 66 valence electrons. The number of hydrogen-bond acceptors (Lipinski definition) is 1. The third-order valence-corrected chi connectivity index (χ3v) is 3.09. The Hall–Kier alpha value is -0.0400. The number of nitrogens with zero attached hydrogens (tertiary/aromatic N) is 1. The normalized spacial score (nSPS) is 22.4. The first-order chi connectivity index (χ1) is 5.10. The van der Waals surface area contributed by atoms with Gasteiger partial charge < -0.3 is 0 Å².